The van der Waals surface area contributed by atoms with Crippen molar-refractivity contribution in [3.05, 3.63) is 47.8 Å². The van der Waals surface area contributed by atoms with Gasteiger partial charge in [0.15, 0.2) is 5.65 Å². The van der Waals surface area contributed by atoms with Crippen LogP contribution in [0.4, 0.5) is 0 Å². The lowest BCUT2D eigenvalue weighted by Gasteiger charge is -2.11. The Bertz CT molecular complexity index is 954. The van der Waals surface area contributed by atoms with E-state index in [1.807, 2.05) is 18.2 Å². The molecule has 2 aromatic heterocycles. The predicted octanol–water partition coefficient (Wildman–Crippen LogP) is 1.97. The van der Waals surface area contributed by atoms with Gasteiger partial charge in [0.1, 0.15) is 11.5 Å². The molecule has 0 saturated carbocycles. The highest BCUT2D eigenvalue weighted by Gasteiger charge is 2.12. The third-order valence-electron chi connectivity index (χ3n) is 4.47. The maximum atomic E-state index is 12.3. The van der Waals surface area contributed by atoms with Crippen LogP contribution in [0.25, 0.3) is 11.0 Å². The van der Waals surface area contributed by atoms with Gasteiger partial charge in [-0.05, 0) is 37.6 Å². The van der Waals surface area contributed by atoms with Crippen molar-refractivity contribution in [1.82, 2.24) is 20.1 Å². The molecular weight excluding hydrogens is 358 g/mol. The number of benzene rings is 1. The Morgan fingerprint density at radius 2 is 2.04 bits per heavy atom. The van der Waals surface area contributed by atoms with Gasteiger partial charge in [0, 0.05) is 29.8 Å². The van der Waals surface area contributed by atoms with Gasteiger partial charge in [-0.1, -0.05) is 0 Å². The lowest BCUT2D eigenvalue weighted by molar-refractivity contribution is 0.0953. The molecule has 0 aliphatic rings. The van der Waals surface area contributed by atoms with Crippen molar-refractivity contribution in [2.45, 2.75) is 19.4 Å². The number of aromatic nitrogens is 3. The van der Waals surface area contributed by atoms with E-state index in [9.17, 15) is 4.79 Å². The number of nitrogens with one attached hydrogen (secondary N) is 1. The largest absolute Gasteiger partial charge is 0.497 e. The number of hydrogen-bond acceptors (Lipinski definition) is 6. The van der Waals surface area contributed by atoms with Crippen LogP contribution < -0.4 is 20.5 Å². The average molecular weight is 383 g/mol. The van der Waals surface area contributed by atoms with E-state index in [0.29, 0.717) is 30.8 Å². The second kappa shape index (κ2) is 9.18. The summed E-state index contributed by atoms with van der Waals surface area (Å²) in [5.74, 6) is 1.30. The second-order valence-electron chi connectivity index (χ2n) is 6.37. The predicted molar refractivity (Wildman–Crippen MR) is 107 cm³/mol. The van der Waals surface area contributed by atoms with Crippen molar-refractivity contribution in [1.29, 1.82) is 0 Å². The maximum absolute atomic E-state index is 12.3. The van der Waals surface area contributed by atoms with Gasteiger partial charge in [0.25, 0.3) is 5.91 Å². The van der Waals surface area contributed by atoms with E-state index in [4.69, 9.17) is 15.2 Å². The summed E-state index contributed by atoms with van der Waals surface area (Å²) in [5, 5.41) is 8.11. The molecule has 0 spiro atoms. The molecule has 0 aliphatic carbocycles. The Morgan fingerprint density at radius 3 is 2.79 bits per heavy atom. The quantitative estimate of drug-likeness (QED) is 0.548. The fourth-order valence-electron chi connectivity index (χ4n) is 2.93. The molecule has 0 radical (unpaired) electrons. The SMILES string of the molecule is COc1ccc(Cn2ncc3cc(C(=O)NCCCCN)cnc32)c(OC)c1. The summed E-state index contributed by atoms with van der Waals surface area (Å²) in [4.78, 5) is 16.7. The molecule has 0 atom stereocenters. The van der Waals surface area contributed by atoms with Gasteiger partial charge >= 0.3 is 0 Å². The van der Waals surface area contributed by atoms with E-state index < -0.39 is 0 Å². The Hall–Kier alpha value is -3.13. The smallest absolute Gasteiger partial charge is 0.252 e. The average Bonchev–Trinajstić information content (AvgIpc) is 3.13. The zero-order valence-corrected chi connectivity index (χ0v) is 16.1. The van der Waals surface area contributed by atoms with E-state index in [2.05, 4.69) is 15.4 Å². The molecule has 0 aliphatic heterocycles. The number of methoxy groups -OCH3 is 2. The first kappa shape index (κ1) is 19.6. The highest BCUT2D eigenvalue weighted by Crippen LogP contribution is 2.26. The van der Waals surface area contributed by atoms with E-state index in [1.54, 1.807) is 37.4 Å². The molecule has 3 aromatic rings. The Kier molecular flexibility index (Phi) is 6.44. The van der Waals surface area contributed by atoms with E-state index in [0.717, 1.165) is 35.3 Å². The summed E-state index contributed by atoms with van der Waals surface area (Å²) >= 11 is 0. The zero-order chi connectivity index (χ0) is 19.9. The molecule has 1 aromatic carbocycles. The van der Waals surface area contributed by atoms with Crippen LogP contribution in [-0.4, -0.2) is 48.0 Å². The lowest BCUT2D eigenvalue weighted by atomic mass is 10.2. The van der Waals surface area contributed by atoms with Gasteiger partial charge in [-0.3, -0.25) is 4.79 Å². The van der Waals surface area contributed by atoms with E-state index >= 15 is 0 Å². The monoisotopic (exact) mass is 383 g/mol. The van der Waals surface area contributed by atoms with Crippen LogP contribution in [0.5, 0.6) is 11.5 Å². The normalized spacial score (nSPS) is 10.8. The minimum Gasteiger partial charge on any atom is -0.497 e. The van der Waals surface area contributed by atoms with Gasteiger partial charge in [-0.15, -0.1) is 0 Å². The van der Waals surface area contributed by atoms with Crippen LogP contribution in [0.15, 0.2) is 36.7 Å². The van der Waals surface area contributed by atoms with Crippen molar-refractivity contribution in [2.75, 3.05) is 27.3 Å². The van der Waals surface area contributed by atoms with E-state index in [1.165, 1.54) is 0 Å². The number of carbonyl (C=O) groups excluding carboxylic acids is 1. The van der Waals surface area contributed by atoms with Crippen LogP contribution in [0.3, 0.4) is 0 Å². The number of carbonyl (C=O) groups is 1. The molecule has 8 heteroatoms. The summed E-state index contributed by atoms with van der Waals surface area (Å²) in [5.41, 5.74) is 7.64. The van der Waals surface area contributed by atoms with Gasteiger partial charge < -0.3 is 20.5 Å². The number of nitrogens with zero attached hydrogens (tertiary/aromatic N) is 3. The summed E-state index contributed by atoms with van der Waals surface area (Å²) in [6.07, 6.45) is 5.03. The van der Waals surface area contributed by atoms with E-state index in [-0.39, 0.29) is 5.91 Å². The first-order chi connectivity index (χ1) is 13.7. The molecule has 28 heavy (non-hydrogen) atoms. The minimum atomic E-state index is -0.143. The van der Waals surface area contributed by atoms with Crippen molar-refractivity contribution in [3.63, 3.8) is 0 Å². The fraction of sp³-hybridized carbons (Fsp3) is 0.350. The summed E-state index contributed by atoms with van der Waals surface area (Å²) in [7, 11) is 3.24. The van der Waals surface area contributed by atoms with Gasteiger partial charge in [-0.25, -0.2) is 9.67 Å². The summed E-state index contributed by atoms with van der Waals surface area (Å²) < 4.78 is 12.5. The molecule has 8 nitrogen and oxygen atoms in total. The number of rotatable bonds is 9. The van der Waals surface area contributed by atoms with Gasteiger partial charge in [0.05, 0.1) is 32.5 Å². The van der Waals surface area contributed by atoms with Crippen molar-refractivity contribution in [2.24, 2.45) is 5.73 Å². The van der Waals surface area contributed by atoms with Crippen LogP contribution in [-0.2, 0) is 6.54 Å². The number of hydrogen-bond donors (Lipinski definition) is 2. The molecule has 0 bridgehead atoms. The maximum Gasteiger partial charge on any atom is 0.252 e. The summed E-state index contributed by atoms with van der Waals surface area (Å²) in [6.45, 7) is 1.72. The highest BCUT2D eigenvalue weighted by atomic mass is 16.5. The number of amides is 1. The van der Waals surface area contributed by atoms with Gasteiger partial charge in [-0.2, -0.15) is 5.10 Å². The Morgan fingerprint density at radius 1 is 1.18 bits per heavy atom. The van der Waals surface area contributed by atoms with Crippen LogP contribution in [0.2, 0.25) is 0 Å². The van der Waals surface area contributed by atoms with Crippen molar-refractivity contribution < 1.29 is 14.3 Å². The van der Waals surface area contributed by atoms with Crippen molar-refractivity contribution in [3.8, 4) is 11.5 Å². The van der Waals surface area contributed by atoms with Crippen LogP contribution in [0, 0.1) is 0 Å². The fourth-order valence-corrected chi connectivity index (χ4v) is 2.93. The molecule has 2 heterocycles. The highest BCUT2D eigenvalue weighted by molar-refractivity contribution is 5.96. The molecule has 0 fully saturated rings. The number of ether oxygens (including phenoxy) is 2. The number of fused-ring (bicyclic) bond motifs is 1. The standard InChI is InChI=1S/C20H25N5O3/c1-27-17-6-5-14(18(10-17)28-2)13-25-19-15(12-24-25)9-16(11-23-19)20(26)22-8-4-3-7-21/h5-6,9-12H,3-4,7-8,13,21H2,1-2H3,(H,22,26). The Labute approximate surface area is 163 Å². The minimum absolute atomic E-state index is 0.143. The number of nitrogens with two attached hydrogens (primary N) is 1. The molecule has 3 N–H and O–H groups in total. The van der Waals surface area contributed by atoms with Crippen LogP contribution >= 0.6 is 0 Å². The first-order valence-electron chi connectivity index (χ1n) is 9.17. The second-order valence-corrected chi connectivity index (χ2v) is 6.37. The van der Waals surface area contributed by atoms with Crippen molar-refractivity contribution >= 4 is 16.9 Å². The van der Waals surface area contributed by atoms with Gasteiger partial charge in [0.2, 0.25) is 0 Å². The molecule has 148 valence electrons. The molecule has 1 amide bonds. The topological polar surface area (TPSA) is 104 Å². The number of pyridine rings is 1. The summed E-state index contributed by atoms with van der Waals surface area (Å²) in [6, 6.07) is 7.45. The Balaban J connectivity index is 1.77. The molecular formula is C20H25N5O3. The van der Waals surface area contributed by atoms with Crippen LogP contribution in [0.1, 0.15) is 28.8 Å². The third kappa shape index (κ3) is 4.40. The lowest BCUT2D eigenvalue weighted by Crippen LogP contribution is -2.25. The zero-order valence-electron chi connectivity index (χ0n) is 16.1. The molecule has 3 rings (SSSR count). The third-order valence-corrected chi connectivity index (χ3v) is 4.47. The number of unbranched alkanes of at least 4 members (excludes halogenated alkanes) is 1. The first-order valence-corrected chi connectivity index (χ1v) is 9.17. The molecule has 0 unspecified atom stereocenters. The molecule has 0 saturated heterocycles.